The molecule has 18 aromatic rings. The van der Waals surface area contributed by atoms with Crippen LogP contribution in [0, 0.1) is 34.6 Å². The molecule has 18 rings (SSSR count). The van der Waals surface area contributed by atoms with Crippen molar-refractivity contribution in [2.75, 3.05) is 40.8 Å². The summed E-state index contributed by atoms with van der Waals surface area (Å²) in [7, 11) is 4.77. The largest absolute Gasteiger partial charge is 0.497 e. The number of ether oxygens (including phenoxy) is 3. The van der Waals surface area contributed by atoms with Crippen LogP contribution in [-0.4, -0.2) is 126 Å². The SMILES string of the molecule is CCc1nc(C)c(-c2cncc(Nc3ccc(C(F)(F)F)cc3)n2)n1Cc1ccccc1.COc1cc(Nc2ccc(C(F)(F)F)cc2)nc(-c2c(C(=O)O)nc3ccccn23)c1.COc1cc(Nc2ccc(OC(F)F)cc2)nc(-c2c(C(=O)O)nc3ccccn23)c1.Cc1nn(C)c(C)c1-c1cncc(Nc2ccc(C(F)(F)F)cc2)n1.Cc1noc(C)c1-c1cncc(Nc2ccc(C(F)(F)F)cc2)n1. The van der Waals surface area contributed by atoms with E-state index in [4.69, 9.17) is 19.0 Å². The van der Waals surface area contributed by atoms with Gasteiger partial charge in [-0.1, -0.05) is 54.5 Å². The molecule has 0 atom stereocenters. The number of imidazole rings is 3. The summed E-state index contributed by atoms with van der Waals surface area (Å²) in [6.07, 6.45) is -3.98. The lowest BCUT2D eigenvalue weighted by atomic mass is 10.1. The van der Waals surface area contributed by atoms with E-state index < -0.39 is 65.5 Å². The zero-order chi connectivity index (χ0) is 102. The quantitative estimate of drug-likeness (QED) is 0.0276. The van der Waals surface area contributed by atoms with Crippen LogP contribution in [0.15, 0.2) is 266 Å². The number of pyridine rings is 4. The first-order chi connectivity index (χ1) is 68.1. The van der Waals surface area contributed by atoms with Crippen molar-refractivity contribution in [1.82, 2.24) is 83.1 Å². The van der Waals surface area contributed by atoms with E-state index in [1.807, 2.05) is 46.0 Å². The van der Waals surface area contributed by atoms with Gasteiger partial charge in [-0.05, 0) is 186 Å². The number of carboxylic acid groups (broad SMARTS) is 2. The molecule has 0 aliphatic carbocycles. The second kappa shape index (κ2) is 43.5. The van der Waals surface area contributed by atoms with Crippen LogP contribution in [0.3, 0.4) is 0 Å². The Kier molecular flexibility index (Phi) is 30.8. The van der Waals surface area contributed by atoms with Crippen molar-refractivity contribution in [2.24, 2.45) is 7.05 Å². The number of carboxylic acids is 2. The van der Waals surface area contributed by atoms with Gasteiger partial charge in [0.2, 0.25) is 0 Å². The fourth-order valence-corrected chi connectivity index (χ4v) is 14.6. The molecular weight excluding hydrogens is 1890 g/mol. The number of alkyl halides is 14. The standard InChI is InChI=1S/C24H22F3N5.C21H15F3N4O3.C21H16F2N4O4.C17H16F3N5.C16H13F3N4O/c1-3-22-29-16(2)23(32(22)15-17-7-5-4-6-8-17)20-13-28-14-21(31-20)30-19-11-9-18(10-12-19)24(25,26)27;1-31-14-10-15(19-18(20(29)30)27-17-4-2-3-9-28(17)19)26-16(11-14)25-13-7-5-12(6-8-13)21(22,23)24;1-30-14-10-15(19-18(20(28)29)26-17-4-2-3-9-27(17)19)25-16(11-14)24-12-5-7-13(8-6-12)31-21(22)23;1-10-16(11(2)25(3)24-10)14-8-21-9-15(23-14)22-13-6-4-12(5-7-13)17(18,19)20;1-9-15(10(2)24-23-9)13-7-20-8-14(22-13)21-12-5-3-11(4-6-12)16(17,18)19/h4-14H,3,15H2,1-2H3,(H,30,31);2-11H,1H3,(H,25,26)(H,29,30);2-11,21H,1H3,(H,24,25)(H,28,29);4-9H,1-3H3,(H,22,23);3-8H,1-2H3,(H,21,22). The molecule has 0 fully saturated rings. The summed E-state index contributed by atoms with van der Waals surface area (Å²) in [6.45, 7) is 9.13. The third-order valence-corrected chi connectivity index (χ3v) is 21.2. The van der Waals surface area contributed by atoms with Gasteiger partial charge in [-0.15, -0.1) is 0 Å². The average molecular weight is 1970 g/mol. The summed E-state index contributed by atoms with van der Waals surface area (Å²) in [4.78, 5) is 71.7. The number of methoxy groups -OCH3 is 2. The van der Waals surface area contributed by atoms with Crippen molar-refractivity contribution < 1.29 is 100 Å². The Labute approximate surface area is 803 Å². The minimum atomic E-state index is -4.43. The molecular formula is C99H82F14N22O8. The van der Waals surface area contributed by atoms with Crippen LogP contribution in [0.5, 0.6) is 17.2 Å². The van der Waals surface area contributed by atoms with Crippen molar-refractivity contribution in [3.05, 3.63) is 335 Å². The molecule has 0 aliphatic heterocycles. The van der Waals surface area contributed by atoms with E-state index in [2.05, 4.69) is 115 Å². The van der Waals surface area contributed by atoms with Gasteiger partial charge in [-0.3, -0.25) is 28.4 Å². The van der Waals surface area contributed by atoms with Gasteiger partial charge in [0, 0.05) is 96.4 Å². The molecule has 7 N–H and O–H groups in total. The highest BCUT2D eigenvalue weighted by molar-refractivity contribution is 5.95. The summed E-state index contributed by atoms with van der Waals surface area (Å²) in [5, 5.41) is 42.4. The lowest BCUT2D eigenvalue weighted by Gasteiger charge is -2.13. The van der Waals surface area contributed by atoms with Crippen LogP contribution in [0.2, 0.25) is 0 Å². The number of carbonyl (C=O) groups is 2. The molecule has 12 heterocycles. The van der Waals surface area contributed by atoms with E-state index in [0.29, 0.717) is 121 Å². The van der Waals surface area contributed by atoms with Crippen LogP contribution in [0.25, 0.3) is 68.0 Å². The van der Waals surface area contributed by atoms with Crippen LogP contribution >= 0.6 is 0 Å². The van der Waals surface area contributed by atoms with Gasteiger partial charge in [0.05, 0.1) is 125 Å². The Balaban J connectivity index is 0.000000142. The number of aromatic carboxylic acids is 2. The zero-order valence-electron chi connectivity index (χ0n) is 76.6. The minimum absolute atomic E-state index is 0.0247. The van der Waals surface area contributed by atoms with Gasteiger partial charge in [-0.25, -0.2) is 49.5 Å². The molecule has 0 unspecified atom stereocenters. The highest BCUT2D eigenvalue weighted by atomic mass is 19.4. The summed E-state index contributed by atoms with van der Waals surface area (Å²) in [5.41, 5.74) is 10.1. The van der Waals surface area contributed by atoms with Crippen LogP contribution in [0.1, 0.15) is 90.1 Å². The molecule has 12 aromatic heterocycles. The number of aryl methyl sites for hydroxylation is 6. The van der Waals surface area contributed by atoms with Gasteiger partial charge in [-0.2, -0.15) is 66.6 Å². The molecule has 0 saturated heterocycles. The number of nitrogens with zero attached hydrogens (tertiary/aromatic N) is 17. The third kappa shape index (κ3) is 25.2. The number of hydrogen-bond acceptors (Lipinski definition) is 24. The second-order valence-corrected chi connectivity index (χ2v) is 31.1. The van der Waals surface area contributed by atoms with Crippen molar-refractivity contribution in [3.63, 3.8) is 0 Å². The maximum atomic E-state index is 12.8. The molecule has 6 aromatic carbocycles. The zero-order valence-corrected chi connectivity index (χ0v) is 76.6. The molecule has 734 valence electrons. The molecule has 0 aliphatic rings. The number of aromatic nitrogens is 17. The maximum Gasteiger partial charge on any atom is 0.416 e. The fourth-order valence-electron chi connectivity index (χ4n) is 14.6. The molecule has 44 heteroatoms. The number of hydrogen-bond donors (Lipinski definition) is 7. The van der Waals surface area contributed by atoms with E-state index in [1.54, 1.807) is 131 Å². The van der Waals surface area contributed by atoms with E-state index in [-0.39, 0.29) is 34.3 Å². The van der Waals surface area contributed by atoms with Crippen molar-refractivity contribution in [1.29, 1.82) is 0 Å². The Bertz CT molecular complexity index is 7490. The van der Waals surface area contributed by atoms with Gasteiger partial charge < -0.3 is 60.1 Å². The molecule has 143 heavy (non-hydrogen) atoms. The molecule has 30 nitrogen and oxygen atoms in total. The number of nitrogens with one attached hydrogen (secondary N) is 5. The molecule has 0 spiro atoms. The summed E-state index contributed by atoms with van der Waals surface area (Å²) >= 11 is 0. The maximum absolute atomic E-state index is 12.8. The minimum Gasteiger partial charge on any atom is -0.497 e. The predicted octanol–water partition coefficient (Wildman–Crippen LogP) is 24.1. The van der Waals surface area contributed by atoms with Crippen molar-refractivity contribution in [3.8, 4) is 73.9 Å². The molecule has 0 amide bonds. The monoisotopic (exact) mass is 1970 g/mol. The van der Waals surface area contributed by atoms with Crippen LogP contribution in [0.4, 0.5) is 119 Å². The normalized spacial score (nSPS) is 11.4. The predicted molar refractivity (Wildman–Crippen MR) is 503 cm³/mol. The second-order valence-electron chi connectivity index (χ2n) is 31.1. The number of halogens is 14. The van der Waals surface area contributed by atoms with Crippen LogP contribution < -0.4 is 40.8 Å². The summed E-state index contributed by atoms with van der Waals surface area (Å²) < 4.78 is 204. The van der Waals surface area contributed by atoms with E-state index >= 15 is 0 Å². The molecule has 0 radical (unpaired) electrons. The summed E-state index contributed by atoms with van der Waals surface area (Å²) in [5.74, 6) is 1.91. The third-order valence-electron chi connectivity index (χ3n) is 21.2. The number of fused-ring (bicyclic) bond motifs is 2. The number of rotatable bonds is 24. The Hall–Kier alpha value is -17.8. The van der Waals surface area contributed by atoms with Crippen molar-refractivity contribution >= 4 is 80.8 Å². The van der Waals surface area contributed by atoms with E-state index in [0.717, 1.165) is 100 Å². The van der Waals surface area contributed by atoms with Gasteiger partial charge in [0.15, 0.2) is 11.4 Å². The fraction of sp³-hybridized carbons (Fsp3) is 0.162. The van der Waals surface area contributed by atoms with E-state index in [9.17, 15) is 81.3 Å². The van der Waals surface area contributed by atoms with Crippen molar-refractivity contribution in [2.45, 2.75) is 85.8 Å². The molecule has 0 bridgehead atoms. The summed E-state index contributed by atoms with van der Waals surface area (Å²) in [6, 6.07) is 51.4. The Morgan fingerprint density at radius 2 is 0.776 bits per heavy atom. The van der Waals surface area contributed by atoms with Gasteiger partial charge in [0.25, 0.3) is 0 Å². The van der Waals surface area contributed by atoms with Crippen LogP contribution in [-0.2, 0) is 44.7 Å². The highest BCUT2D eigenvalue weighted by Gasteiger charge is 2.34. The first kappa shape index (κ1) is 101. The smallest absolute Gasteiger partial charge is 0.416 e. The topological polar surface area (TPSA) is 362 Å². The average Bonchev–Trinajstić information content (AvgIpc) is 1.81. The first-order valence-electron chi connectivity index (χ1n) is 42.8. The lowest BCUT2D eigenvalue weighted by molar-refractivity contribution is -0.138. The van der Waals surface area contributed by atoms with E-state index in [1.165, 1.54) is 93.5 Å². The molecule has 0 saturated carbocycles. The Morgan fingerprint density at radius 3 is 1.13 bits per heavy atom. The highest BCUT2D eigenvalue weighted by Crippen LogP contribution is 2.40. The van der Waals surface area contributed by atoms with Gasteiger partial charge in [0.1, 0.15) is 86.3 Å². The Morgan fingerprint density at radius 1 is 0.406 bits per heavy atom. The van der Waals surface area contributed by atoms with Gasteiger partial charge >= 0.3 is 43.3 Å². The number of anilines is 10. The first-order valence-corrected chi connectivity index (χ1v) is 42.8. The lowest BCUT2D eigenvalue weighted by Crippen LogP contribution is -2.08. The number of benzene rings is 6.